The largest absolute Gasteiger partial charge is 0.416 e. The molecule has 0 spiro atoms. The molecule has 2 aromatic rings. The summed E-state index contributed by atoms with van der Waals surface area (Å²) in [5, 5.41) is 2.89. The lowest BCUT2D eigenvalue weighted by atomic mass is 10.1. The summed E-state index contributed by atoms with van der Waals surface area (Å²) in [7, 11) is -3.92. The number of halogens is 3. The second-order valence-electron chi connectivity index (χ2n) is 10.1. The molecule has 0 aliphatic heterocycles. The van der Waals surface area contributed by atoms with Crippen molar-refractivity contribution in [3.63, 3.8) is 0 Å². The van der Waals surface area contributed by atoms with Gasteiger partial charge in [-0.3, -0.25) is 13.9 Å². The fraction of sp³-hybridized carbons (Fsp3) is 0.500. The third kappa shape index (κ3) is 9.87. The monoisotopic (exact) mass is 569 g/mol. The third-order valence-corrected chi connectivity index (χ3v) is 7.31. The van der Waals surface area contributed by atoms with Crippen LogP contribution in [0.4, 0.5) is 18.9 Å². The van der Waals surface area contributed by atoms with Gasteiger partial charge in [0.25, 0.3) is 0 Å². The van der Waals surface area contributed by atoms with Crippen molar-refractivity contribution in [1.82, 2.24) is 10.2 Å². The van der Waals surface area contributed by atoms with Gasteiger partial charge < -0.3 is 10.2 Å². The molecule has 0 saturated carbocycles. The summed E-state index contributed by atoms with van der Waals surface area (Å²) < 4.78 is 65.4. The summed E-state index contributed by atoms with van der Waals surface area (Å²) in [6.45, 7) is 8.13. The molecule has 216 valence electrons. The molecule has 11 heteroatoms. The quantitative estimate of drug-likeness (QED) is 0.362. The maximum absolute atomic E-state index is 13.5. The predicted octanol–water partition coefficient (Wildman–Crippen LogP) is 5.14. The lowest BCUT2D eigenvalue weighted by molar-refractivity contribution is -0.141. The number of sulfonamides is 1. The van der Waals surface area contributed by atoms with E-state index in [1.54, 1.807) is 0 Å². The van der Waals surface area contributed by atoms with Gasteiger partial charge in [0, 0.05) is 26.1 Å². The fourth-order valence-corrected chi connectivity index (χ4v) is 5.15. The van der Waals surface area contributed by atoms with Crippen LogP contribution in [0.3, 0.4) is 0 Å². The number of nitrogens with one attached hydrogen (secondary N) is 1. The van der Waals surface area contributed by atoms with Crippen molar-refractivity contribution >= 4 is 27.5 Å². The van der Waals surface area contributed by atoms with Gasteiger partial charge >= 0.3 is 6.18 Å². The molecule has 0 heterocycles. The van der Waals surface area contributed by atoms with Crippen LogP contribution in [0.5, 0.6) is 0 Å². The van der Waals surface area contributed by atoms with Gasteiger partial charge in [-0.05, 0) is 49.4 Å². The van der Waals surface area contributed by atoms with Gasteiger partial charge in [0.05, 0.1) is 17.5 Å². The number of carbonyl (C=O) groups is 2. The van der Waals surface area contributed by atoms with Gasteiger partial charge in [0.15, 0.2) is 0 Å². The van der Waals surface area contributed by atoms with Crippen LogP contribution >= 0.6 is 0 Å². The van der Waals surface area contributed by atoms with Gasteiger partial charge in [0.2, 0.25) is 21.8 Å². The Balaban J connectivity index is 2.25. The maximum atomic E-state index is 13.5. The Morgan fingerprint density at radius 1 is 1.05 bits per heavy atom. The van der Waals surface area contributed by atoms with Gasteiger partial charge in [0.1, 0.15) is 6.04 Å². The zero-order valence-corrected chi connectivity index (χ0v) is 23.9. The van der Waals surface area contributed by atoms with Crippen molar-refractivity contribution in [1.29, 1.82) is 0 Å². The highest BCUT2D eigenvalue weighted by Gasteiger charge is 2.32. The van der Waals surface area contributed by atoms with Crippen LogP contribution in [-0.4, -0.2) is 50.5 Å². The zero-order valence-electron chi connectivity index (χ0n) is 23.1. The number of nitrogens with zero attached hydrogens (tertiary/aromatic N) is 2. The van der Waals surface area contributed by atoms with Crippen molar-refractivity contribution in [3.05, 3.63) is 65.2 Å². The van der Waals surface area contributed by atoms with Crippen LogP contribution in [-0.2, 0) is 32.3 Å². The molecule has 0 fully saturated rings. The van der Waals surface area contributed by atoms with Crippen molar-refractivity contribution in [2.24, 2.45) is 5.92 Å². The molecular weight excluding hydrogens is 531 g/mol. The smallest absolute Gasteiger partial charge is 0.354 e. The van der Waals surface area contributed by atoms with Crippen LogP contribution < -0.4 is 9.62 Å². The summed E-state index contributed by atoms with van der Waals surface area (Å²) in [5.74, 6) is -0.389. The number of amides is 2. The van der Waals surface area contributed by atoms with E-state index in [0.717, 1.165) is 39.9 Å². The first-order valence-electron chi connectivity index (χ1n) is 12.9. The Labute approximate surface area is 229 Å². The average molecular weight is 570 g/mol. The molecule has 1 atom stereocenters. The molecule has 0 bridgehead atoms. The average Bonchev–Trinajstić information content (AvgIpc) is 2.84. The number of anilines is 1. The van der Waals surface area contributed by atoms with Crippen LogP contribution in [0.1, 0.15) is 56.7 Å². The van der Waals surface area contributed by atoms with Crippen LogP contribution in [0.15, 0.2) is 48.5 Å². The van der Waals surface area contributed by atoms with Crippen molar-refractivity contribution in [3.8, 4) is 0 Å². The minimum absolute atomic E-state index is 0.0521. The molecular formula is C28H38F3N3O4S. The topological polar surface area (TPSA) is 86.8 Å². The van der Waals surface area contributed by atoms with E-state index < -0.39 is 27.8 Å². The van der Waals surface area contributed by atoms with E-state index in [9.17, 15) is 31.2 Å². The van der Waals surface area contributed by atoms with E-state index in [4.69, 9.17) is 0 Å². The van der Waals surface area contributed by atoms with Gasteiger partial charge in [-0.2, -0.15) is 13.2 Å². The van der Waals surface area contributed by atoms with E-state index in [1.807, 2.05) is 52.0 Å². The van der Waals surface area contributed by atoms with E-state index >= 15 is 0 Å². The van der Waals surface area contributed by atoms with Crippen LogP contribution in [0.25, 0.3) is 0 Å². The molecule has 0 saturated heterocycles. The first-order chi connectivity index (χ1) is 18.1. The highest BCUT2D eigenvalue weighted by molar-refractivity contribution is 7.92. The third-order valence-electron chi connectivity index (χ3n) is 6.12. The Morgan fingerprint density at radius 2 is 1.72 bits per heavy atom. The lowest BCUT2D eigenvalue weighted by Gasteiger charge is -2.31. The molecule has 0 aromatic heterocycles. The molecule has 2 aromatic carbocycles. The minimum atomic E-state index is -4.63. The first kappa shape index (κ1) is 32.1. The maximum Gasteiger partial charge on any atom is 0.416 e. The van der Waals surface area contributed by atoms with E-state index in [-0.39, 0.29) is 49.4 Å². The molecule has 7 nitrogen and oxygen atoms in total. The number of hydrogen-bond donors (Lipinski definition) is 1. The molecule has 0 aliphatic carbocycles. The number of carbonyl (C=O) groups excluding carboxylic acids is 2. The Morgan fingerprint density at radius 3 is 2.28 bits per heavy atom. The number of hydrogen-bond acceptors (Lipinski definition) is 4. The number of alkyl halides is 3. The van der Waals surface area contributed by atoms with E-state index in [1.165, 1.54) is 11.0 Å². The number of rotatable bonds is 13. The minimum Gasteiger partial charge on any atom is -0.354 e. The van der Waals surface area contributed by atoms with Crippen molar-refractivity contribution in [2.75, 3.05) is 23.7 Å². The summed E-state index contributed by atoms with van der Waals surface area (Å²) >= 11 is 0. The van der Waals surface area contributed by atoms with Crippen LogP contribution in [0, 0.1) is 12.8 Å². The number of aryl methyl sites for hydroxylation is 1. The molecule has 39 heavy (non-hydrogen) atoms. The fourth-order valence-electron chi connectivity index (χ4n) is 4.19. The van der Waals surface area contributed by atoms with Gasteiger partial charge in [-0.15, -0.1) is 0 Å². The summed E-state index contributed by atoms with van der Waals surface area (Å²) in [5.41, 5.74) is 0.755. The van der Waals surface area contributed by atoms with Crippen LogP contribution in [0.2, 0.25) is 0 Å². The lowest BCUT2D eigenvalue weighted by Crippen LogP contribution is -2.49. The zero-order chi connectivity index (χ0) is 29.4. The van der Waals surface area contributed by atoms with Crippen molar-refractivity contribution < 1.29 is 31.2 Å². The normalized spacial score (nSPS) is 12.7. The van der Waals surface area contributed by atoms with E-state index in [2.05, 4.69) is 5.32 Å². The Hall–Kier alpha value is -3.08. The van der Waals surface area contributed by atoms with E-state index in [0.29, 0.717) is 13.0 Å². The Kier molecular flexibility index (Phi) is 11.4. The predicted molar refractivity (Wildman–Crippen MR) is 147 cm³/mol. The van der Waals surface area contributed by atoms with Gasteiger partial charge in [-0.1, -0.05) is 56.7 Å². The molecule has 1 N–H and O–H groups in total. The molecule has 0 unspecified atom stereocenters. The molecule has 0 aliphatic rings. The molecule has 0 radical (unpaired) electrons. The Bertz CT molecular complexity index is 1230. The molecule has 2 amide bonds. The molecule has 2 rings (SSSR count). The summed E-state index contributed by atoms with van der Waals surface area (Å²) in [6.07, 6.45) is -3.38. The summed E-state index contributed by atoms with van der Waals surface area (Å²) in [6, 6.07) is 10.9. The second-order valence-corrected chi connectivity index (χ2v) is 12.0. The standard InChI is InChI=1S/C28H38F3N3O4S/c1-6-25(27(36)32-18-20(2)3)33(19-22-11-7-10-21(4)16-22)26(35)14-9-15-34(39(5,37)38)24-13-8-12-23(17-24)28(29,30)31/h7-8,10-13,16-17,20,25H,6,9,14-15,18-19H2,1-5H3,(H,32,36)/t25-/m0/s1. The van der Waals surface area contributed by atoms with Gasteiger partial charge in [-0.25, -0.2) is 8.42 Å². The summed E-state index contributed by atoms with van der Waals surface area (Å²) in [4.78, 5) is 28.0. The SMILES string of the molecule is CC[C@@H](C(=O)NCC(C)C)N(Cc1cccc(C)c1)C(=O)CCCN(c1cccc(C(F)(F)F)c1)S(C)(=O)=O. The highest BCUT2D eigenvalue weighted by atomic mass is 32.2. The second kappa shape index (κ2) is 13.8. The first-order valence-corrected chi connectivity index (χ1v) is 14.8. The highest BCUT2D eigenvalue weighted by Crippen LogP contribution is 2.32. The number of benzene rings is 2. The van der Waals surface area contributed by atoms with Crippen molar-refractivity contribution in [2.45, 2.75) is 65.7 Å².